The fourth-order valence-corrected chi connectivity index (χ4v) is 0.831. The lowest BCUT2D eigenvalue weighted by Gasteiger charge is -2.26. The molecule has 0 saturated carbocycles. The lowest BCUT2D eigenvalue weighted by molar-refractivity contribution is 0.0679. The molecule has 0 bridgehead atoms. The van der Waals surface area contributed by atoms with Crippen LogP contribution in [0.1, 0.15) is 20.3 Å². The van der Waals surface area contributed by atoms with E-state index in [4.69, 9.17) is 16.6 Å². The number of aliphatic hydroxyl groups is 2. The van der Waals surface area contributed by atoms with E-state index in [0.717, 1.165) is 0 Å². The zero-order valence-electron chi connectivity index (χ0n) is 8.38. The molecular weight excluding hydrogens is 166 g/mol. The molecule has 0 spiro atoms. The minimum Gasteiger partial charge on any atom is -0.396 e. The third kappa shape index (κ3) is 4.89. The molecular formula is C10H19NO2. The number of nitrogens with one attached hydrogen (secondary N) is 1. The van der Waals surface area contributed by atoms with Gasteiger partial charge in [-0.1, -0.05) is 6.92 Å². The third-order valence-electron chi connectivity index (χ3n) is 2.06. The summed E-state index contributed by atoms with van der Waals surface area (Å²) in [5.74, 6) is 2.55. The van der Waals surface area contributed by atoms with Crippen LogP contribution in [-0.4, -0.2) is 36.0 Å². The van der Waals surface area contributed by atoms with Crippen LogP contribution in [0.15, 0.2) is 0 Å². The SMILES string of the molecule is C#CCC(C)NCC(C)(CO)CO. The van der Waals surface area contributed by atoms with Gasteiger partial charge < -0.3 is 15.5 Å². The van der Waals surface area contributed by atoms with Crippen LogP contribution in [0, 0.1) is 17.8 Å². The van der Waals surface area contributed by atoms with Gasteiger partial charge in [-0.2, -0.15) is 0 Å². The lowest BCUT2D eigenvalue weighted by atomic mass is 9.92. The Bertz CT molecular complexity index is 170. The van der Waals surface area contributed by atoms with E-state index in [1.165, 1.54) is 0 Å². The molecule has 1 unspecified atom stereocenters. The first-order valence-corrected chi connectivity index (χ1v) is 4.46. The van der Waals surface area contributed by atoms with E-state index in [1.54, 1.807) is 0 Å². The van der Waals surface area contributed by atoms with E-state index in [0.29, 0.717) is 13.0 Å². The number of aliphatic hydroxyl groups excluding tert-OH is 2. The first-order chi connectivity index (χ1) is 6.08. The first kappa shape index (κ1) is 12.4. The number of terminal acetylenes is 1. The van der Waals surface area contributed by atoms with Crippen molar-refractivity contribution in [2.75, 3.05) is 19.8 Å². The summed E-state index contributed by atoms with van der Waals surface area (Å²) < 4.78 is 0. The molecule has 0 aromatic heterocycles. The molecule has 3 N–H and O–H groups in total. The normalized spacial score (nSPS) is 13.8. The Kier molecular flexibility index (Phi) is 5.72. The van der Waals surface area contributed by atoms with Crippen molar-refractivity contribution in [1.29, 1.82) is 0 Å². The lowest BCUT2D eigenvalue weighted by Crippen LogP contribution is -2.41. The fourth-order valence-electron chi connectivity index (χ4n) is 0.831. The molecule has 3 heteroatoms. The third-order valence-corrected chi connectivity index (χ3v) is 2.06. The number of hydrogen-bond donors (Lipinski definition) is 3. The summed E-state index contributed by atoms with van der Waals surface area (Å²) in [6, 6.07) is 0.224. The molecule has 0 aliphatic rings. The Balaban J connectivity index is 3.79. The van der Waals surface area contributed by atoms with Gasteiger partial charge in [0.15, 0.2) is 0 Å². The van der Waals surface area contributed by atoms with Crippen molar-refractivity contribution in [2.45, 2.75) is 26.3 Å². The Morgan fingerprint density at radius 2 is 2.00 bits per heavy atom. The Hall–Kier alpha value is -0.560. The second-order valence-corrected chi connectivity index (χ2v) is 3.82. The molecule has 0 radical (unpaired) electrons. The van der Waals surface area contributed by atoms with Gasteiger partial charge in [-0.15, -0.1) is 12.3 Å². The fraction of sp³-hybridized carbons (Fsp3) is 0.800. The molecule has 0 rings (SSSR count). The van der Waals surface area contributed by atoms with Gasteiger partial charge in [-0.25, -0.2) is 0 Å². The van der Waals surface area contributed by atoms with Crippen LogP contribution in [0.5, 0.6) is 0 Å². The average molecular weight is 185 g/mol. The highest BCUT2D eigenvalue weighted by atomic mass is 16.3. The molecule has 13 heavy (non-hydrogen) atoms. The minimum absolute atomic E-state index is 0.0285. The second kappa shape index (κ2) is 5.98. The van der Waals surface area contributed by atoms with Crippen molar-refractivity contribution in [3.63, 3.8) is 0 Å². The van der Waals surface area contributed by atoms with Gasteiger partial charge in [0, 0.05) is 24.4 Å². The highest BCUT2D eigenvalue weighted by molar-refractivity contribution is 4.89. The van der Waals surface area contributed by atoms with Gasteiger partial charge in [0.05, 0.1) is 13.2 Å². The van der Waals surface area contributed by atoms with Gasteiger partial charge in [-0.3, -0.25) is 0 Å². The zero-order valence-corrected chi connectivity index (χ0v) is 8.38. The summed E-state index contributed by atoms with van der Waals surface area (Å²) in [5.41, 5.74) is -0.455. The Morgan fingerprint density at radius 1 is 1.46 bits per heavy atom. The summed E-state index contributed by atoms with van der Waals surface area (Å²) >= 11 is 0. The maximum atomic E-state index is 8.99. The largest absolute Gasteiger partial charge is 0.396 e. The summed E-state index contributed by atoms with van der Waals surface area (Å²) in [4.78, 5) is 0. The molecule has 0 amide bonds. The molecule has 3 nitrogen and oxygen atoms in total. The molecule has 0 aromatic rings. The molecule has 0 aliphatic heterocycles. The van der Waals surface area contributed by atoms with E-state index in [1.807, 2.05) is 13.8 Å². The van der Waals surface area contributed by atoms with Gasteiger partial charge in [-0.05, 0) is 6.92 Å². The smallest absolute Gasteiger partial charge is 0.0518 e. The molecule has 0 fully saturated rings. The van der Waals surface area contributed by atoms with E-state index in [-0.39, 0.29) is 19.3 Å². The van der Waals surface area contributed by atoms with Gasteiger partial charge in [0.25, 0.3) is 0 Å². The standard InChI is InChI=1S/C10H19NO2/c1-4-5-9(2)11-6-10(3,7-12)8-13/h1,9,11-13H,5-8H2,2-3H3. The van der Waals surface area contributed by atoms with Gasteiger partial charge >= 0.3 is 0 Å². The molecule has 0 aliphatic carbocycles. The van der Waals surface area contributed by atoms with E-state index in [2.05, 4.69) is 11.2 Å². The van der Waals surface area contributed by atoms with E-state index >= 15 is 0 Å². The molecule has 1 atom stereocenters. The maximum absolute atomic E-state index is 8.99. The van der Waals surface area contributed by atoms with Crippen molar-refractivity contribution in [3.05, 3.63) is 0 Å². The predicted octanol–water partition coefficient (Wildman–Crippen LogP) is -0.0213. The summed E-state index contributed by atoms with van der Waals surface area (Å²) in [6.07, 6.45) is 5.80. The summed E-state index contributed by atoms with van der Waals surface area (Å²) in [5, 5.41) is 21.1. The van der Waals surface area contributed by atoms with Crippen LogP contribution in [0.2, 0.25) is 0 Å². The topological polar surface area (TPSA) is 52.5 Å². The van der Waals surface area contributed by atoms with E-state index < -0.39 is 5.41 Å². The predicted molar refractivity (Wildman–Crippen MR) is 53.2 cm³/mol. The van der Waals surface area contributed by atoms with Crippen LogP contribution >= 0.6 is 0 Å². The molecule has 0 aromatic carbocycles. The maximum Gasteiger partial charge on any atom is 0.0518 e. The van der Waals surface area contributed by atoms with Crippen molar-refractivity contribution < 1.29 is 10.2 Å². The van der Waals surface area contributed by atoms with Crippen LogP contribution < -0.4 is 5.32 Å². The first-order valence-electron chi connectivity index (χ1n) is 4.46. The van der Waals surface area contributed by atoms with E-state index in [9.17, 15) is 0 Å². The average Bonchev–Trinajstić information content (AvgIpc) is 2.15. The second-order valence-electron chi connectivity index (χ2n) is 3.82. The van der Waals surface area contributed by atoms with Gasteiger partial charge in [0.2, 0.25) is 0 Å². The highest BCUT2D eigenvalue weighted by Crippen LogP contribution is 2.12. The van der Waals surface area contributed by atoms with Crippen molar-refractivity contribution in [1.82, 2.24) is 5.32 Å². The van der Waals surface area contributed by atoms with Crippen LogP contribution in [-0.2, 0) is 0 Å². The monoisotopic (exact) mass is 185 g/mol. The highest BCUT2D eigenvalue weighted by Gasteiger charge is 2.22. The zero-order chi connectivity index (χ0) is 10.3. The summed E-state index contributed by atoms with van der Waals surface area (Å²) in [7, 11) is 0. The minimum atomic E-state index is -0.455. The summed E-state index contributed by atoms with van der Waals surface area (Å²) in [6.45, 7) is 4.32. The molecule has 76 valence electrons. The van der Waals surface area contributed by atoms with Gasteiger partial charge in [0.1, 0.15) is 0 Å². The Morgan fingerprint density at radius 3 is 2.38 bits per heavy atom. The molecule has 0 saturated heterocycles. The van der Waals surface area contributed by atoms with Crippen molar-refractivity contribution in [3.8, 4) is 12.3 Å². The number of hydrogen-bond acceptors (Lipinski definition) is 3. The quantitative estimate of drug-likeness (QED) is 0.510. The van der Waals surface area contributed by atoms with Crippen LogP contribution in [0.25, 0.3) is 0 Å². The van der Waals surface area contributed by atoms with Crippen LogP contribution in [0.3, 0.4) is 0 Å². The van der Waals surface area contributed by atoms with Crippen molar-refractivity contribution >= 4 is 0 Å². The van der Waals surface area contributed by atoms with Crippen molar-refractivity contribution in [2.24, 2.45) is 5.41 Å². The molecule has 0 heterocycles. The van der Waals surface area contributed by atoms with Crippen LogP contribution in [0.4, 0.5) is 0 Å². The number of rotatable bonds is 6. The Labute approximate surface area is 80.2 Å².